The Balaban J connectivity index is 1.77. The van der Waals surface area contributed by atoms with Crippen LogP contribution in [-0.2, 0) is 36.8 Å². The minimum absolute atomic E-state index is 0.00588. The van der Waals surface area contributed by atoms with E-state index >= 15 is 0 Å². The summed E-state index contributed by atoms with van der Waals surface area (Å²) in [5.41, 5.74) is 7.77. The first-order valence-corrected chi connectivity index (χ1v) is 12.9. The average Bonchev–Trinajstić information content (AvgIpc) is 3.34. The summed E-state index contributed by atoms with van der Waals surface area (Å²) in [5.74, 6) is -4.61. The van der Waals surface area contributed by atoms with Crippen LogP contribution in [0.5, 0.6) is 5.75 Å². The summed E-state index contributed by atoms with van der Waals surface area (Å²) in [6.45, 7) is 1.38. The third-order valence-corrected chi connectivity index (χ3v) is 6.48. The van der Waals surface area contributed by atoms with Crippen LogP contribution in [0.25, 0.3) is 10.9 Å². The fourth-order valence-electron chi connectivity index (χ4n) is 4.16. The topological polar surface area (TPSA) is 224 Å². The monoisotopic (exact) mass is 567 g/mol. The van der Waals surface area contributed by atoms with Crippen molar-refractivity contribution >= 4 is 40.6 Å². The Morgan fingerprint density at radius 3 is 2.17 bits per heavy atom. The molecule has 9 N–H and O–H groups in total. The summed E-state index contributed by atoms with van der Waals surface area (Å²) < 4.78 is 0. The number of aliphatic carboxylic acids is 2. The summed E-state index contributed by atoms with van der Waals surface area (Å²) in [5, 5.41) is 36.3. The summed E-state index contributed by atoms with van der Waals surface area (Å²) in [6, 6.07) is 8.37. The molecule has 0 bridgehead atoms. The zero-order valence-corrected chi connectivity index (χ0v) is 22.3. The van der Waals surface area contributed by atoms with Crippen LogP contribution in [0.2, 0.25) is 0 Å². The van der Waals surface area contributed by atoms with Crippen molar-refractivity contribution in [1.29, 1.82) is 0 Å². The van der Waals surface area contributed by atoms with Crippen LogP contribution in [0, 0.1) is 0 Å². The number of para-hydroxylation sites is 1. The van der Waals surface area contributed by atoms with Crippen molar-refractivity contribution < 1.29 is 39.3 Å². The van der Waals surface area contributed by atoms with Gasteiger partial charge >= 0.3 is 11.9 Å². The number of nitrogens with two attached hydrogens (primary N) is 1. The molecule has 3 aromatic rings. The number of hydrogen-bond donors (Lipinski definition) is 8. The number of aromatic nitrogens is 1. The van der Waals surface area contributed by atoms with Gasteiger partial charge in [0.15, 0.2) is 0 Å². The van der Waals surface area contributed by atoms with Gasteiger partial charge in [-0.15, -0.1) is 0 Å². The molecule has 3 amide bonds. The second kappa shape index (κ2) is 13.9. The number of aromatic amines is 1. The molecule has 0 spiro atoms. The standard InChI is InChI=1S/C28H33N5O8/c1-15(31-26(38)20(29)10-11-24(35)36)25(37)32-22(13-17-14-30-21-5-3-2-4-19(17)21)27(39)33-23(28(40)41)12-16-6-8-18(34)9-7-16/h2-9,14-15,20,22-23,30,34H,10-13,29H2,1H3,(H,31,38)(H,32,37)(H,33,39)(H,35,36)(H,40,41). The molecule has 4 unspecified atom stereocenters. The number of fused-ring (bicyclic) bond motifs is 1. The first kappa shape index (κ1) is 30.6. The van der Waals surface area contributed by atoms with Crippen molar-refractivity contribution in [3.05, 3.63) is 65.9 Å². The van der Waals surface area contributed by atoms with Gasteiger partial charge in [-0.1, -0.05) is 30.3 Å². The molecule has 13 heteroatoms. The van der Waals surface area contributed by atoms with Crippen LogP contribution in [0.15, 0.2) is 54.7 Å². The van der Waals surface area contributed by atoms with Crippen LogP contribution in [0.3, 0.4) is 0 Å². The first-order chi connectivity index (χ1) is 19.4. The highest BCUT2D eigenvalue weighted by Gasteiger charge is 2.30. The molecule has 0 aliphatic rings. The lowest BCUT2D eigenvalue weighted by atomic mass is 10.0. The Labute approximate surface area is 235 Å². The van der Waals surface area contributed by atoms with Gasteiger partial charge in [0, 0.05) is 36.4 Å². The second-order valence-corrected chi connectivity index (χ2v) is 9.66. The van der Waals surface area contributed by atoms with E-state index in [1.165, 1.54) is 31.2 Å². The summed E-state index contributed by atoms with van der Waals surface area (Å²) in [7, 11) is 0. The lowest BCUT2D eigenvalue weighted by Gasteiger charge is -2.24. The fourth-order valence-corrected chi connectivity index (χ4v) is 4.16. The first-order valence-electron chi connectivity index (χ1n) is 12.9. The predicted octanol–water partition coefficient (Wildman–Crippen LogP) is 0.410. The number of amides is 3. The second-order valence-electron chi connectivity index (χ2n) is 9.66. The molecule has 0 aliphatic heterocycles. The van der Waals surface area contributed by atoms with E-state index in [-0.39, 0.29) is 31.4 Å². The number of carboxylic acid groups (broad SMARTS) is 2. The van der Waals surface area contributed by atoms with Crippen molar-refractivity contribution in [2.45, 2.75) is 56.8 Å². The van der Waals surface area contributed by atoms with Gasteiger partial charge in [0.1, 0.15) is 23.9 Å². The highest BCUT2D eigenvalue weighted by molar-refractivity contribution is 5.94. The molecule has 4 atom stereocenters. The van der Waals surface area contributed by atoms with Gasteiger partial charge in [-0.2, -0.15) is 0 Å². The number of carbonyl (C=O) groups is 5. The molecule has 13 nitrogen and oxygen atoms in total. The molecule has 41 heavy (non-hydrogen) atoms. The highest BCUT2D eigenvalue weighted by atomic mass is 16.4. The molecule has 0 fully saturated rings. The summed E-state index contributed by atoms with van der Waals surface area (Å²) in [6.07, 6.45) is 1.17. The summed E-state index contributed by atoms with van der Waals surface area (Å²) in [4.78, 5) is 64.6. The van der Waals surface area contributed by atoms with Crippen molar-refractivity contribution in [2.24, 2.45) is 5.73 Å². The van der Waals surface area contributed by atoms with Gasteiger partial charge < -0.3 is 42.0 Å². The lowest BCUT2D eigenvalue weighted by molar-refractivity contribution is -0.142. The highest BCUT2D eigenvalue weighted by Crippen LogP contribution is 2.19. The quantitative estimate of drug-likeness (QED) is 0.135. The van der Waals surface area contributed by atoms with E-state index in [0.29, 0.717) is 11.1 Å². The zero-order valence-electron chi connectivity index (χ0n) is 22.3. The van der Waals surface area contributed by atoms with Gasteiger partial charge in [0.25, 0.3) is 0 Å². The van der Waals surface area contributed by atoms with Crippen molar-refractivity contribution in [2.75, 3.05) is 0 Å². The van der Waals surface area contributed by atoms with E-state index in [2.05, 4.69) is 20.9 Å². The Bertz CT molecular complexity index is 1400. The summed E-state index contributed by atoms with van der Waals surface area (Å²) >= 11 is 0. The number of nitrogens with one attached hydrogen (secondary N) is 4. The minimum Gasteiger partial charge on any atom is -0.508 e. The van der Waals surface area contributed by atoms with Crippen molar-refractivity contribution in [3.63, 3.8) is 0 Å². The number of benzene rings is 2. The fraction of sp³-hybridized carbons (Fsp3) is 0.321. The van der Waals surface area contributed by atoms with E-state index in [1.807, 2.05) is 24.3 Å². The maximum atomic E-state index is 13.4. The van der Waals surface area contributed by atoms with Crippen molar-refractivity contribution in [1.82, 2.24) is 20.9 Å². The normalized spacial score (nSPS) is 13.9. The zero-order chi connectivity index (χ0) is 30.1. The number of phenolic OH excluding ortho intramolecular Hbond substituents is 1. The number of rotatable bonds is 14. The SMILES string of the molecule is CC(NC(=O)C(N)CCC(=O)O)C(=O)NC(Cc1c[nH]c2ccccc12)C(=O)NC(Cc1ccc(O)cc1)C(=O)O. The largest absolute Gasteiger partial charge is 0.508 e. The smallest absolute Gasteiger partial charge is 0.326 e. The van der Waals surface area contributed by atoms with Crippen LogP contribution in [0.1, 0.15) is 30.9 Å². The Hall–Kier alpha value is -4.91. The lowest BCUT2D eigenvalue weighted by Crippen LogP contribution is -2.57. The van der Waals surface area contributed by atoms with E-state index in [0.717, 1.165) is 10.9 Å². The van der Waals surface area contributed by atoms with Gasteiger partial charge in [-0.05, 0) is 42.7 Å². The van der Waals surface area contributed by atoms with Gasteiger partial charge in [-0.3, -0.25) is 19.2 Å². The Morgan fingerprint density at radius 1 is 0.854 bits per heavy atom. The molecular formula is C28H33N5O8. The maximum Gasteiger partial charge on any atom is 0.326 e. The molecular weight excluding hydrogens is 534 g/mol. The molecule has 218 valence electrons. The van der Waals surface area contributed by atoms with Crippen LogP contribution in [0.4, 0.5) is 0 Å². The Kier molecular flexibility index (Phi) is 10.4. The van der Waals surface area contributed by atoms with Crippen LogP contribution >= 0.6 is 0 Å². The van der Waals surface area contributed by atoms with Crippen molar-refractivity contribution in [3.8, 4) is 5.75 Å². The number of carbonyl (C=O) groups excluding carboxylic acids is 3. The number of phenols is 1. The average molecular weight is 568 g/mol. The minimum atomic E-state index is -1.33. The molecule has 0 radical (unpaired) electrons. The molecule has 2 aromatic carbocycles. The predicted molar refractivity (Wildman–Crippen MR) is 148 cm³/mol. The van der Waals surface area contributed by atoms with Crippen LogP contribution < -0.4 is 21.7 Å². The van der Waals surface area contributed by atoms with E-state index in [4.69, 9.17) is 10.8 Å². The molecule has 3 rings (SSSR count). The van der Waals surface area contributed by atoms with Gasteiger partial charge in [0.2, 0.25) is 17.7 Å². The maximum absolute atomic E-state index is 13.4. The van der Waals surface area contributed by atoms with E-state index in [9.17, 15) is 34.2 Å². The molecule has 0 aliphatic carbocycles. The molecule has 1 aromatic heterocycles. The number of carboxylic acids is 2. The molecule has 1 heterocycles. The number of aromatic hydroxyl groups is 1. The van der Waals surface area contributed by atoms with Gasteiger partial charge in [0.05, 0.1) is 6.04 Å². The van der Waals surface area contributed by atoms with Gasteiger partial charge in [-0.25, -0.2) is 4.79 Å². The Morgan fingerprint density at radius 2 is 1.51 bits per heavy atom. The van der Waals surface area contributed by atoms with Crippen LogP contribution in [-0.4, -0.2) is 74.1 Å². The molecule has 0 saturated heterocycles. The molecule has 0 saturated carbocycles. The third-order valence-electron chi connectivity index (χ3n) is 6.48. The van der Waals surface area contributed by atoms with E-state index in [1.54, 1.807) is 6.20 Å². The third kappa shape index (κ3) is 8.80. The number of H-pyrrole nitrogens is 1. The van der Waals surface area contributed by atoms with E-state index < -0.39 is 53.8 Å². The number of hydrogen-bond acceptors (Lipinski definition) is 7.